The van der Waals surface area contributed by atoms with Crippen molar-refractivity contribution in [3.63, 3.8) is 0 Å². The van der Waals surface area contributed by atoms with Crippen LogP contribution in [0.5, 0.6) is 0 Å². The number of thioether (sulfide) groups is 1. The summed E-state index contributed by atoms with van der Waals surface area (Å²) in [6.45, 7) is 4.67. The molecule has 4 rings (SSSR count). The lowest BCUT2D eigenvalue weighted by Crippen LogP contribution is -2.40. The molecule has 1 aliphatic heterocycles. The number of benzene rings is 3. The third-order valence-electron chi connectivity index (χ3n) is 5.53. The largest absolute Gasteiger partial charge is 0.371 e. The van der Waals surface area contributed by atoms with E-state index < -0.39 is 0 Å². The molecule has 0 spiro atoms. The zero-order valence-electron chi connectivity index (χ0n) is 18.3. The van der Waals surface area contributed by atoms with Crippen molar-refractivity contribution in [2.45, 2.75) is 32.2 Å². The van der Waals surface area contributed by atoms with Gasteiger partial charge in [-0.1, -0.05) is 54.1 Å². The third kappa shape index (κ3) is 5.32. The number of amides is 2. The molecule has 164 valence electrons. The molecular formula is C26H27N3O2S. The lowest BCUT2D eigenvalue weighted by Gasteiger charge is -2.27. The molecule has 0 saturated heterocycles. The Labute approximate surface area is 193 Å². The number of carbonyl (C=O) groups is 2. The number of aryl methyl sites for hydroxylation is 2. The summed E-state index contributed by atoms with van der Waals surface area (Å²) < 4.78 is 0. The lowest BCUT2D eigenvalue weighted by atomic mass is 10.1. The van der Waals surface area contributed by atoms with E-state index in [2.05, 4.69) is 48.0 Å². The van der Waals surface area contributed by atoms with Crippen LogP contribution >= 0.6 is 11.8 Å². The van der Waals surface area contributed by atoms with E-state index in [0.717, 1.165) is 17.0 Å². The van der Waals surface area contributed by atoms with Gasteiger partial charge in [-0.25, -0.2) is 0 Å². The maximum atomic E-state index is 12.6. The highest BCUT2D eigenvalue weighted by atomic mass is 32.2. The van der Waals surface area contributed by atoms with E-state index in [0.29, 0.717) is 23.5 Å². The number of anilines is 2. The van der Waals surface area contributed by atoms with E-state index >= 15 is 0 Å². The first kappa shape index (κ1) is 22.0. The van der Waals surface area contributed by atoms with E-state index in [-0.39, 0.29) is 17.9 Å². The molecule has 32 heavy (non-hydrogen) atoms. The highest BCUT2D eigenvalue weighted by molar-refractivity contribution is 7.98. The molecule has 0 saturated carbocycles. The number of carbonyl (C=O) groups excluding carboxylic acids is 2. The zero-order chi connectivity index (χ0) is 22.5. The van der Waals surface area contributed by atoms with Crippen molar-refractivity contribution in [2.24, 2.45) is 0 Å². The summed E-state index contributed by atoms with van der Waals surface area (Å²) in [7, 11) is 0. The van der Waals surface area contributed by atoms with Gasteiger partial charge in [0.25, 0.3) is 5.91 Å². The van der Waals surface area contributed by atoms with Gasteiger partial charge in [0, 0.05) is 23.6 Å². The van der Waals surface area contributed by atoms with Crippen LogP contribution in [0.4, 0.5) is 11.4 Å². The SMILES string of the molecule is Cc1ccc(C)c(CSCC2Nc3ccc(C(=O)NCc4ccccc4)cc3NC2=O)c1. The van der Waals surface area contributed by atoms with E-state index in [1.54, 1.807) is 23.9 Å². The Morgan fingerprint density at radius 2 is 1.81 bits per heavy atom. The van der Waals surface area contributed by atoms with Gasteiger partial charge in [-0.15, -0.1) is 0 Å². The second-order valence-corrected chi connectivity index (χ2v) is 9.09. The molecule has 1 atom stereocenters. The van der Waals surface area contributed by atoms with E-state index in [9.17, 15) is 9.59 Å². The molecule has 6 heteroatoms. The molecule has 2 amide bonds. The fraction of sp³-hybridized carbons (Fsp3) is 0.231. The predicted molar refractivity (Wildman–Crippen MR) is 132 cm³/mol. The molecule has 0 radical (unpaired) electrons. The molecule has 5 nitrogen and oxygen atoms in total. The Morgan fingerprint density at radius 1 is 1.00 bits per heavy atom. The summed E-state index contributed by atoms with van der Waals surface area (Å²) >= 11 is 1.74. The number of fused-ring (bicyclic) bond motifs is 1. The van der Waals surface area contributed by atoms with Gasteiger partial charge < -0.3 is 16.0 Å². The van der Waals surface area contributed by atoms with Gasteiger partial charge in [0.05, 0.1) is 11.4 Å². The average Bonchev–Trinajstić information content (AvgIpc) is 2.80. The van der Waals surface area contributed by atoms with Crippen molar-refractivity contribution in [3.05, 3.63) is 94.5 Å². The molecule has 1 aliphatic rings. The molecule has 0 aromatic heterocycles. The molecular weight excluding hydrogens is 418 g/mol. The third-order valence-corrected chi connectivity index (χ3v) is 6.61. The summed E-state index contributed by atoms with van der Waals surface area (Å²) in [6, 6.07) is 21.3. The second-order valence-electron chi connectivity index (χ2n) is 8.06. The summed E-state index contributed by atoms with van der Waals surface area (Å²) in [5.74, 6) is 1.29. The predicted octanol–water partition coefficient (Wildman–Crippen LogP) is 4.90. The van der Waals surface area contributed by atoms with Crippen LogP contribution < -0.4 is 16.0 Å². The Hall–Kier alpha value is -3.25. The van der Waals surface area contributed by atoms with E-state index in [1.807, 2.05) is 36.4 Å². The minimum Gasteiger partial charge on any atom is -0.371 e. The highest BCUT2D eigenvalue weighted by Crippen LogP contribution is 2.29. The molecule has 3 aromatic rings. The molecule has 0 fully saturated rings. The first-order valence-electron chi connectivity index (χ1n) is 10.7. The zero-order valence-corrected chi connectivity index (χ0v) is 19.1. The van der Waals surface area contributed by atoms with Gasteiger partial charge in [0.1, 0.15) is 6.04 Å². The molecule has 3 aromatic carbocycles. The van der Waals surface area contributed by atoms with Gasteiger partial charge in [-0.3, -0.25) is 9.59 Å². The van der Waals surface area contributed by atoms with Crippen molar-refractivity contribution in [2.75, 3.05) is 16.4 Å². The van der Waals surface area contributed by atoms with Crippen LogP contribution in [0.1, 0.15) is 32.6 Å². The summed E-state index contributed by atoms with van der Waals surface area (Å²) in [6.07, 6.45) is 0. The Bertz CT molecular complexity index is 1130. The van der Waals surface area contributed by atoms with Crippen LogP contribution in [0.25, 0.3) is 0 Å². The van der Waals surface area contributed by atoms with Gasteiger partial charge in [-0.2, -0.15) is 11.8 Å². The van der Waals surface area contributed by atoms with Crippen LogP contribution in [-0.4, -0.2) is 23.6 Å². The second kappa shape index (κ2) is 9.92. The van der Waals surface area contributed by atoms with Crippen LogP contribution in [0.2, 0.25) is 0 Å². The molecule has 1 heterocycles. The lowest BCUT2D eigenvalue weighted by molar-refractivity contribution is -0.116. The first-order chi connectivity index (χ1) is 15.5. The van der Waals surface area contributed by atoms with Crippen LogP contribution in [-0.2, 0) is 17.1 Å². The first-order valence-corrected chi connectivity index (χ1v) is 11.8. The fourth-order valence-electron chi connectivity index (χ4n) is 3.63. The molecule has 1 unspecified atom stereocenters. The van der Waals surface area contributed by atoms with Gasteiger partial charge >= 0.3 is 0 Å². The maximum Gasteiger partial charge on any atom is 0.251 e. The molecule has 0 aliphatic carbocycles. The van der Waals surface area contributed by atoms with Gasteiger partial charge in [0.2, 0.25) is 5.91 Å². The number of nitrogens with one attached hydrogen (secondary N) is 3. The van der Waals surface area contributed by atoms with Crippen LogP contribution in [0, 0.1) is 13.8 Å². The van der Waals surface area contributed by atoms with Crippen LogP contribution in [0.3, 0.4) is 0 Å². The number of hydrogen-bond donors (Lipinski definition) is 3. The van der Waals surface area contributed by atoms with Crippen molar-refractivity contribution in [1.29, 1.82) is 0 Å². The van der Waals surface area contributed by atoms with E-state index in [4.69, 9.17) is 0 Å². The molecule has 0 bridgehead atoms. The average molecular weight is 446 g/mol. The number of hydrogen-bond acceptors (Lipinski definition) is 4. The Kier molecular flexibility index (Phi) is 6.81. The molecule has 3 N–H and O–H groups in total. The summed E-state index contributed by atoms with van der Waals surface area (Å²) in [5.41, 5.74) is 6.85. The normalized spacial score (nSPS) is 14.8. The van der Waals surface area contributed by atoms with Crippen LogP contribution in [0.15, 0.2) is 66.7 Å². The summed E-state index contributed by atoms with van der Waals surface area (Å²) in [4.78, 5) is 25.2. The fourth-order valence-corrected chi connectivity index (χ4v) is 4.75. The summed E-state index contributed by atoms with van der Waals surface area (Å²) in [5, 5.41) is 9.19. The smallest absolute Gasteiger partial charge is 0.251 e. The van der Waals surface area contributed by atoms with Crippen molar-refractivity contribution in [1.82, 2.24) is 5.32 Å². The standard InChI is InChI=1S/C26H27N3O2S/c1-17-8-9-18(2)21(12-17)15-32-16-24-26(31)29-23-13-20(10-11-22(23)28-24)25(30)27-14-19-6-4-3-5-7-19/h3-13,24,28H,14-16H2,1-2H3,(H,27,30)(H,29,31). The highest BCUT2D eigenvalue weighted by Gasteiger charge is 2.26. The minimum absolute atomic E-state index is 0.0761. The Morgan fingerprint density at radius 3 is 2.62 bits per heavy atom. The Balaban J connectivity index is 1.34. The quantitative estimate of drug-likeness (QED) is 0.484. The van der Waals surface area contributed by atoms with Gasteiger partial charge in [0.15, 0.2) is 0 Å². The monoisotopic (exact) mass is 445 g/mol. The van der Waals surface area contributed by atoms with Crippen molar-refractivity contribution < 1.29 is 9.59 Å². The van der Waals surface area contributed by atoms with Gasteiger partial charge in [-0.05, 0) is 48.7 Å². The van der Waals surface area contributed by atoms with E-state index in [1.165, 1.54) is 16.7 Å². The number of rotatable bonds is 7. The topological polar surface area (TPSA) is 70.2 Å². The van der Waals surface area contributed by atoms with Crippen molar-refractivity contribution >= 4 is 35.0 Å². The maximum absolute atomic E-state index is 12.6. The minimum atomic E-state index is -0.310. The van der Waals surface area contributed by atoms with Crippen molar-refractivity contribution in [3.8, 4) is 0 Å².